The Morgan fingerprint density at radius 3 is 3.06 bits per heavy atom. The summed E-state index contributed by atoms with van der Waals surface area (Å²) in [5, 5.41) is 14.0. The first kappa shape index (κ1) is 11.4. The fraction of sp³-hybridized carbons (Fsp3) is 0.455. The van der Waals surface area contributed by atoms with E-state index in [2.05, 4.69) is 28.2 Å². The van der Waals surface area contributed by atoms with Crippen molar-refractivity contribution in [3.05, 3.63) is 38.3 Å². The van der Waals surface area contributed by atoms with Crippen LogP contribution in [0.25, 0.3) is 0 Å². The molecule has 16 heavy (non-hydrogen) atoms. The van der Waals surface area contributed by atoms with Gasteiger partial charge in [0.2, 0.25) is 6.54 Å². The molecule has 1 aliphatic rings. The van der Waals surface area contributed by atoms with Gasteiger partial charge in [-0.2, -0.15) is 0 Å². The standard InChI is InChI=1S/C11H13BrN2O2/c1-7-4-8(6-14(15)16)10-5-9(12)2-3-11(10)13-7/h2-3,5,7-8,13H,4,6H2,1H3/t7-,8-/m0/s1. The SMILES string of the molecule is C[C@H]1C[C@@H](C[N+](=O)[O-])c2cc(Br)ccc2N1. The third-order valence-electron chi connectivity index (χ3n) is 2.86. The number of hydrogen-bond acceptors (Lipinski definition) is 3. The summed E-state index contributed by atoms with van der Waals surface area (Å²) >= 11 is 3.40. The summed E-state index contributed by atoms with van der Waals surface area (Å²) < 4.78 is 0.968. The van der Waals surface area contributed by atoms with Crippen LogP contribution >= 0.6 is 15.9 Å². The smallest absolute Gasteiger partial charge is 0.210 e. The first-order chi connectivity index (χ1) is 7.56. The van der Waals surface area contributed by atoms with Crippen molar-refractivity contribution in [1.29, 1.82) is 0 Å². The van der Waals surface area contributed by atoms with Crippen LogP contribution in [0.5, 0.6) is 0 Å². The highest BCUT2D eigenvalue weighted by Crippen LogP contribution is 2.35. The van der Waals surface area contributed by atoms with Crippen molar-refractivity contribution < 1.29 is 4.92 Å². The Kier molecular flexibility index (Phi) is 3.14. The van der Waals surface area contributed by atoms with Crippen LogP contribution in [0, 0.1) is 10.1 Å². The first-order valence-electron chi connectivity index (χ1n) is 5.24. The minimum Gasteiger partial charge on any atom is -0.382 e. The van der Waals surface area contributed by atoms with E-state index >= 15 is 0 Å². The highest BCUT2D eigenvalue weighted by atomic mass is 79.9. The summed E-state index contributed by atoms with van der Waals surface area (Å²) in [6.45, 7) is 2.06. The lowest BCUT2D eigenvalue weighted by atomic mass is 9.87. The molecule has 0 saturated carbocycles. The number of nitro groups is 1. The van der Waals surface area contributed by atoms with Gasteiger partial charge < -0.3 is 5.32 Å². The van der Waals surface area contributed by atoms with Gasteiger partial charge in [-0.3, -0.25) is 10.1 Å². The minimum atomic E-state index is -0.229. The van der Waals surface area contributed by atoms with Gasteiger partial charge >= 0.3 is 0 Å². The van der Waals surface area contributed by atoms with E-state index in [-0.39, 0.29) is 17.4 Å². The molecule has 1 aliphatic heterocycles. The number of anilines is 1. The minimum absolute atomic E-state index is 0.00940. The van der Waals surface area contributed by atoms with Crippen LogP contribution in [0.15, 0.2) is 22.7 Å². The maximum Gasteiger partial charge on any atom is 0.210 e. The van der Waals surface area contributed by atoms with Crippen molar-refractivity contribution in [3.8, 4) is 0 Å². The van der Waals surface area contributed by atoms with E-state index in [4.69, 9.17) is 0 Å². The first-order valence-corrected chi connectivity index (χ1v) is 6.03. The molecule has 0 bridgehead atoms. The second-order valence-corrected chi connectivity index (χ2v) is 5.14. The zero-order valence-corrected chi connectivity index (χ0v) is 10.5. The fourth-order valence-electron chi connectivity index (χ4n) is 2.23. The molecule has 5 heteroatoms. The van der Waals surface area contributed by atoms with Gasteiger partial charge in [-0.05, 0) is 37.1 Å². The summed E-state index contributed by atoms with van der Waals surface area (Å²) in [6.07, 6.45) is 0.810. The molecule has 2 atom stereocenters. The van der Waals surface area contributed by atoms with E-state index < -0.39 is 0 Å². The lowest BCUT2D eigenvalue weighted by molar-refractivity contribution is -0.483. The summed E-state index contributed by atoms with van der Waals surface area (Å²) in [6, 6.07) is 6.19. The van der Waals surface area contributed by atoms with Crippen molar-refractivity contribution in [2.75, 3.05) is 11.9 Å². The molecule has 0 radical (unpaired) electrons. The predicted octanol–water partition coefficient (Wildman–Crippen LogP) is 3.01. The summed E-state index contributed by atoms with van der Waals surface area (Å²) in [5.41, 5.74) is 2.07. The van der Waals surface area contributed by atoms with E-state index in [1.54, 1.807) is 0 Å². The monoisotopic (exact) mass is 284 g/mol. The van der Waals surface area contributed by atoms with E-state index in [0.717, 1.165) is 22.1 Å². The van der Waals surface area contributed by atoms with Gasteiger partial charge in [0.25, 0.3) is 0 Å². The van der Waals surface area contributed by atoms with Crippen LogP contribution in [0.1, 0.15) is 24.8 Å². The molecule has 1 N–H and O–H groups in total. The Morgan fingerprint density at radius 2 is 2.38 bits per heavy atom. The molecule has 0 amide bonds. The largest absolute Gasteiger partial charge is 0.382 e. The molecule has 0 unspecified atom stereocenters. The molecule has 0 spiro atoms. The number of hydrogen-bond donors (Lipinski definition) is 1. The summed E-state index contributed by atoms with van der Waals surface area (Å²) in [5.74, 6) is 0.0127. The van der Waals surface area contributed by atoms with Crippen LogP contribution in [0.3, 0.4) is 0 Å². The molecule has 0 saturated heterocycles. The van der Waals surface area contributed by atoms with E-state index in [9.17, 15) is 10.1 Å². The van der Waals surface area contributed by atoms with Crippen molar-refractivity contribution in [3.63, 3.8) is 0 Å². The highest BCUT2D eigenvalue weighted by molar-refractivity contribution is 9.10. The average Bonchev–Trinajstić information content (AvgIpc) is 2.18. The Balaban J connectivity index is 2.35. The number of rotatable bonds is 2. The quantitative estimate of drug-likeness (QED) is 0.671. The van der Waals surface area contributed by atoms with Gasteiger partial charge in [0.15, 0.2) is 0 Å². The van der Waals surface area contributed by atoms with Crippen LogP contribution in [0.2, 0.25) is 0 Å². The van der Waals surface area contributed by atoms with Crippen LogP contribution in [-0.2, 0) is 0 Å². The molecule has 1 heterocycles. The number of nitrogens with zero attached hydrogens (tertiary/aromatic N) is 1. The Hall–Kier alpha value is -1.10. The number of halogens is 1. The summed E-state index contributed by atoms with van der Waals surface area (Å²) in [7, 11) is 0. The number of fused-ring (bicyclic) bond motifs is 1. The van der Waals surface area contributed by atoms with E-state index in [1.165, 1.54) is 0 Å². The van der Waals surface area contributed by atoms with E-state index in [1.807, 2.05) is 18.2 Å². The number of benzene rings is 1. The second-order valence-electron chi connectivity index (χ2n) is 4.22. The molecular formula is C11H13BrN2O2. The lowest BCUT2D eigenvalue weighted by Gasteiger charge is -2.29. The molecule has 1 aromatic carbocycles. The van der Waals surface area contributed by atoms with Gasteiger partial charge in [0, 0.05) is 21.1 Å². The van der Waals surface area contributed by atoms with Crippen molar-refractivity contribution in [1.82, 2.24) is 0 Å². The topological polar surface area (TPSA) is 55.2 Å². The Morgan fingerprint density at radius 1 is 1.62 bits per heavy atom. The molecule has 0 aliphatic carbocycles. The van der Waals surface area contributed by atoms with Crippen molar-refractivity contribution >= 4 is 21.6 Å². The van der Waals surface area contributed by atoms with Crippen LogP contribution < -0.4 is 5.32 Å². The molecule has 0 fully saturated rings. The normalized spacial score (nSPS) is 23.4. The van der Waals surface area contributed by atoms with Crippen molar-refractivity contribution in [2.24, 2.45) is 0 Å². The average molecular weight is 285 g/mol. The highest BCUT2D eigenvalue weighted by Gasteiger charge is 2.27. The maximum absolute atomic E-state index is 10.6. The maximum atomic E-state index is 10.6. The molecule has 86 valence electrons. The van der Waals surface area contributed by atoms with Gasteiger partial charge in [0.05, 0.1) is 5.92 Å². The lowest BCUT2D eigenvalue weighted by Crippen LogP contribution is -2.28. The molecule has 4 nitrogen and oxygen atoms in total. The molecule has 0 aromatic heterocycles. The zero-order chi connectivity index (χ0) is 11.7. The van der Waals surface area contributed by atoms with Gasteiger partial charge in [0.1, 0.15) is 0 Å². The Labute approximate surface area is 102 Å². The van der Waals surface area contributed by atoms with Crippen LogP contribution in [-0.4, -0.2) is 17.5 Å². The third-order valence-corrected chi connectivity index (χ3v) is 3.36. The van der Waals surface area contributed by atoms with Crippen LogP contribution in [0.4, 0.5) is 5.69 Å². The Bertz CT molecular complexity index is 422. The molecule has 1 aromatic rings. The second kappa shape index (κ2) is 4.41. The third kappa shape index (κ3) is 2.35. The van der Waals surface area contributed by atoms with E-state index in [0.29, 0.717) is 6.04 Å². The zero-order valence-electron chi connectivity index (χ0n) is 8.94. The fourth-order valence-corrected chi connectivity index (χ4v) is 2.61. The predicted molar refractivity (Wildman–Crippen MR) is 66.4 cm³/mol. The van der Waals surface area contributed by atoms with Gasteiger partial charge in [-0.25, -0.2) is 0 Å². The summed E-state index contributed by atoms with van der Waals surface area (Å²) in [4.78, 5) is 10.4. The van der Waals surface area contributed by atoms with Gasteiger partial charge in [-0.1, -0.05) is 15.9 Å². The molecule has 2 rings (SSSR count). The van der Waals surface area contributed by atoms with Gasteiger partial charge in [-0.15, -0.1) is 0 Å². The van der Waals surface area contributed by atoms with Crippen molar-refractivity contribution in [2.45, 2.75) is 25.3 Å². The number of nitrogens with one attached hydrogen (secondary N) is 1. The molecular weight excluding hydrogens is 272 g/mol.